The zero-order valence-corrected chi connectivity index (χ0v) is 17.5. The minimum absolute atomic E-state index is 0.242. The molecule has 156 valence electrons. The summed E-state index contributed by atoms with van der Waals surface area (Å²) in [4.78, 5) is 23.0. The third-order valence-electron chi connectivity index (χ3n) is 4.31. The van der Waals surface area contributed by atoms with Crippen LogP contribution in [0.25, 0.3) is 0 Å². The van der Waals surface area contributed by atoms with Gasteiger partial charge in [0.2, 0.25) is 0 Å². The van der Waals surface area contributed by atoms with E-state index in [0.717, 1.165) is 31.4 Å². The Bertz CT molecular complexity index is 413. The summed E-state index contributed by atoms with van der Waals surface area (Å²) >= 11 is 0. The quantitative estimate of drug-likeness (QED) is 0.121. The van der Waals surface area contributed by atoms with E-state index in [1.807, 2.05) is 12.2 Å². The zero-order valence-electron chi connectivity index (χ0n) is 17.5. The number of hydrogen-bond acceptors (Lipinski definition) is 4. The van der Waals surface area contributed by atoms with Gasteiger partial charge in [0.05, 0.1) is 6.61 Å². The van der Waals surface area contributed by atoms with Crippen LogP contribution in [0.15, 0.2) is 24.3 Å². The van der Waals surface area contributed by atoms with E-state index in [-0.39, 0.29) is 6.61 Å². The molecule has 0 saturated carbocycles. The third-order valence-corrected chi connectivity index (χ3v) is 4.31. The fourth-order valence-corrected chi connectivity index (χ4v) is 2.65. The molecule has 0 heterocycles. The van der Waals surface area contributed by atoms with E-state index in [9.17, 15) is 9.59 Å². The molecule has 0 aliphatic rings. The van der Waals surface area contributed by atoms with Gasteiger partial charge in [-0.1, -0.05) is 90.2 Å². The second-order valence-corrected chi connectivity index (χ2v) is 6.93. The summed E-state index contributed by atoms with van der Waals surface area (Å²) in [6.07, 6.45) is 21.7. The number of esters is 2. The molecule has 0 unspecified atom stereocenters. The first-order chi connectivity index (χ1) is 13.2. The molecule has 0 spiro atoms. The van der Waals surface area contributed by atoms with Crippen LogP contribution in [-0.2, 0) is 19.1 Å². The molecule has 0 bridgehead atoms. The molecule has 0 aromatic carbocycles. The molecule has 4 nitrogen and oxygen atoms in total. The van der Waals surface area contributed by atoms with E-state index < -0.39 is 11.9 Å². The molecule has 0 saturated heterocycles. The Kier molecular flexibility index (Phi) is 19.5. The van der Waals surface area contributed by atoms with Gasteiger partial charge in [0.15, 0.2) is 0 Å². The van der Waals surface area contributed by atoms with Gasteiger partial charge in [-0.2, -0.15) is 0 Å². The van der Waals surface area contributed by atoms with Crippen molar-refractivity contribution >= 4 is 11.9 Å². The van der Waals surface area contributed by atoms with Gasteiger partial charge in [-0.05, 0) is 19.3 Å². The smallest absolute Gasteiger partial charge is 0.331 e. The van der Waals surface area contributed by atoms with Gasteiger partial charge >= 0.3 is 11.9 Å². The lowest BCUT2D eigenvalue weighted by Crippen LogP contribution is -2.05. The lowest BCUT2D eigenvalue weighted by atomic mass is 10.1. The van der Waals surface area contributed by atoms with E-state index in [1.165, 1.54) is 64.2 Å². The van der Waals surface area contributed by atoms with Gasteiger partial charge < -0.3 is 9.47 Å². The van der Waals surface area contributed by atoms with Crippen molar-refractivity contribution in [1.29, 1.82) is 0 Å². The second kappa shape index (κ2) is 20.7. The Morgan fingerprint density at radius 1 is 0.630 bits per heavy atom. The summed E-state index contributed by atoms with van der Waals surface area (Å²) in [6.45, 7) is 5.06. The fraction of sp³-hybridized carbons (Fsp3) is 0.739. The standard InChI is InChI=1S/C23H40O4/c1-3-5-7-9-11-12-13-15-17-21-27-23(25)19-18-22(24)26-20-16-14-10-8-6-4-2/h15,17-19H,3-14,16,20-21H2,1-2H3/b17-15+,19-18+. The van der Waals surface area contributed by atoms with E-state index in [2.05, 4.69) is 13.8 Å². The summed E-state index contributed by atoms with van der Waals surface area (Å²) in [6, 6.07) is 0. The average Bonchev–Trinajstić information content (AvgIpc) is 2.67. The van der Waals surface area contributed by atoms with Crippen LogP contribution in [0.5, 0.6) is 0 Å². The largest absolute Gasteiger partial charge is 0.463 e. The maximum Gasteiger partial charge on any atom is 0.331 e. The van der Waals surface area contributed by atoms with Crippen molar-refractivity contribution in [2.45, 2.75) is 97.3 Å². The van der Waals surface area contributed by atoms with Gasteiger partial charge in [0.25, 0.3) is 0 Å². The molecule has 0 rings (SSSR count). The van der Waals surface area contributed by atoms with Gasteiger partial charge in [-0.25, -0.2) is 9.59 Å². The van der Waals surface area contributed by atoms with Crippen LogP contribution in [0.4, 0.5) is 0 Å². The lowest BCUT2D eigenvalue weighted by molar-refractivity contribution is -0.140. The maximum atomic E-state index is 11.5. The van der Waals surface area contributed by atoms with Crippen molar-refractivity contribution in [2.24, 2.45) is 0 Å². The maximum absolute atomic E-state index is 11.5. The van der Waals surface area contributed by atoms with Crippen molar-refractivity contribution in [3.05, 3.63) is 24.3 Å². The number of carbonyl (C=O) groups is 2. The topological polar surface area (TPSA) is 52.6 Å². The van der Waals surface area contributed by atoms with Crippen LogP contribution in [0.3, 0.4) is 0 Å². The highest BCUT2D eigenvalue weighted by atomic mass is 16.5. The predicted molar refractivity (Wildman–Crippen MR) is 112 cm³/mol. The Labute approximate surface area is 166 Å². The van der Waals surface area contributed by atoms with Gasteiger partial charge in [-0.15, -0.1) is 0 Å². The van der Waals surface area contributed by atoms with Crippen LogP contribution >= 0.6 is 0 Å². The van der Waals surface area contributed by atoms with Crippen molar-refractivity contribution in [2.75, 3.05) is 13.2 Å². The Morgan fingerprint density at radius 3 is 1.78 bits per heavy atom. The molecule has 27 heavy (non-hydrogen) atoms. The monoisotopic (exact) mass is 380 g/mol. The molecule has 0 radical (unpaired) electrons. The molecule has 0 atom stereocenters. The average molecular weight is 381 g/mol. The highest BCUT2D eigenvalue weighted by Crippen LogP contribution is 2.07. The molecule has 0 aliphatic heterocycles. The van der Waals surface area contributed by atoms with Gasteiger partial charge in [0, 0.05) is 12.2 Å². The molecule has 0 amide bonds. The third kappa shape index (κ3) is 20.6. The van der Waals surface area contributed by atoms with E-state index in [4.69, 9.17) is 9.47 Å². The lowest BCUT2D eigenvalue weighted by Gasteiger charge is -2.02. The summed E-state index contributed by atoms with van der Waals surface area (Å²) in [5.74, 6) is -1.00. The van der Waals surface area contributed by atoms with Gasteiger partial charge in [-0.3, -0.25) is 0 Å². The SMILES string of the molecule is CCCCCCCC/C=C/COC(=O)/C=C/C(=O)OCCCCCCCC. The van der Waals surface area contributed by atoms with Crippen LogP contribution in [0.1, 0.15) is 97.3 Å². The molecular formula is C23H40O4. The molecular weight excluding hydrogens is 340 g/mol. The number of unbranched alkanes of at least 4 members (excludes halogenated alkanes) is 11. The second-order valence-electron chi connectivity index (χ2n) is 6.93. The Balaban J connectivity index is 3.54. The summed E-state index contributed by atoms with van der Waals surface area (Å²) in [7, 11) is 0. The van der Waals surface area contributed by atoms with Crippen molar-refractivity contribution in [3.8, 4) is 0 Å². The van der Waals surface area contributed by atoms with E-state index >= 15 is 0 Å². The van der Waals surface area contributed by atoms with Crippen molar-refractivity contribution < 1.29 is 19.1 Å². The minimum Gasteiger partial charge on any atom is -0.463 e. The van der Waals surface area contributed by atoms with E-state index in [0.29, 0.717) is 6.61 Å². The van der Waals surface area contributed by atoms with E-state index in [1.54, 1.807) is 0 Å². The number of rotatable bonds is 18. The first kappa shape index (κ1) is 25.4. The van der Waals surface area contributed by atoms with Gasteiger partial charge in [0.1, 0.15) is 6.61 Å². The predicted octanol–water partition coefficient (Wildman–Crippen LogP) is 6.30. The normalized spacial score (nSPS) is 11.3. The highest BCUT2D eigenvalue weighted by Gasteiger charge is 2.00. The zero-order chi connectivity index (χ0) is 20.0. The minimum atomic E-state index is -0.518. The first-order valence-electron chi connectivity index (χ1n) is 10.9. The molecule has 0 aliphatic carbocycles. The number of ether oxygens (including phenoxy) is 2. The number of carbonyl (C=O) groups excluding carboxylic acids is 2. The number of hydrogen-bond donors (Lipinski definition) is 0. The van der Waals surface area contributed by atoms with Crippen molar-refractivity contribution in [3.63, 3.8) is 0 Å². The fourth-order valence-electron chi connectivity index (χ4n) is 2.65. The Hall–Kier alpha value is -1.58. The summed E-state index contributed by atoms with van der Waals surface area (Å²) in [5, 5.41) is 0. The molecule has 0 aromatic heterocycles. The molecule has 4 heteroatoms. The molecule has 0 N–H and O–H groups in total. The Morgan fingerprint density at radius 2 is 1.15 bits per heavy atom. The molecule has 0 fully saturated rings. The summed E-state index contributed by atoms with van der Waals surface area (Å²) < 4.78 is 10.1. The summed E-state index contributed by atoms with van der Waals surface area (Å²) in [5.41, 5.74) is 0. The van der Waals surface area contributed by atoms with Crippen molar-refractivity contribution in [1.82, 2.24) is 0 Å². The van der Waals surface area contributed by atoms with Crippen LogP contribution in [0, 0.1) is 0 Å². The van der Waals surface area contributed by atoms with Crippen LogP contribution in [-0.4, -0.2) is 25.2 Å². The number of allylic oxidation sites excluding steroid dienone is 1. The first-order valence-corrected chi connectivity index (χ1v) is 10.9. The molecule has 0 aromatic rings. The highest BCUT2D eigenvalue weighted by molar-refractivity contribution is 5.91. The van der Waals surface area contributed by atoms with Crippen LogP contribution < -0.4 is 0 Å². The van der Waals surface area contributed by atoms with Crippen LogP contribution in [0.2, 0.25) is 0 Å².